The average Bonchev–Trinajstić information content (AvgIpc) is 3.70. The monoisotopic (exact) mass is 590 g/mol. The lowest BCUT2D eigenvalue weighted by molar-refractivity contribution is -0.138. The van der Waals surface area contributed by atoms with Crippen molar-refractivity contribution in [2.24, 2.45) is 0 Å². The van der Waals surface area contributed by atoms with Gasteiger partial charge in [-0.3, -0.25) is 9.36 Å². The van der Waals surface area contributed by atoms with Crippen molar-refractivity contribution in [2.75, 3.05) is 0 Å². The Labute approximate surface area is 232 Å². The molecule has 0 bridgehead atoms. The molecule has 1 aliphatic rings. The van der Waals surface area contributed by atoms with Crippen LogP contribution in [-0.4, -0.2) is 28.1 Å². The lowest BCUT2D eigenvalue weighted by Gasteiger charge is -2.19. The van der Waals surface area contributed by atoms with Gasteiger partial charge < -0.3 is 5.32 Å². The summed E-state index contributed by atoms with van der Waals surface area (Å²) in [5, 5.41) is 7.12. The summed E-state index contributed by atoms with van der Waals surface area (Å²) >= 11 is 5.96. The predicted octanol–water partition coefficient (Wildman–Crippen LogP) is 5.45. The molecule has 1 N–H and O–H groups in total. The van der Waals surface area contributed by atoms with Crippen molar-refractivity contribution in [3.63, 3.8) is 0 Å². The van der Waals surface area contributed by atoms with Crippen LogP contribution in [0.2, 0.25) is 5.02 Å². The molecule has 0 aliphatic heterocycles. The number of aromatic nitrogens is 3. The highest BCUT2D eigenvalue weighted by Gasteiger charge is 2.35. The van der Waals surface area contributed by atoms with E-state index in [9.17, 15) is 31.2 Å². The van der Waals surface area contributed by atoms with Crippen LogP contribution in [-0.2, 0) is 16.2 Å². The molecule has 13 heteroatoms. The Kier molecular flexibility index (Phi) is 7.09. The van der Waals surface area contributed by atoms with Crippen molar-refractivity contribution >= 4 is 27.5 Å². The Bertz CT molecular complexity index is 1740. The summed E-state index contributed by atoms with van der Waals surface area (Å²) in [6, 6.07) is 15.0. The summed E-state index contributed by atoms with van der Waals surface area (Å²) in [5.74, 6) is -0.509. The van der Waals surface area contributed by atoms with Crippen LogP contribution in [0.25, 0.3) is 11.4 Å². The highest BCUT2D eigenvalue weighted by molar-refractivity contribution is 7.89. The minimum absolute atomic E-state index is 0.0213. The summed E-state index contributed by atoms with van der Waals surface area (Å²) in [5.41, 5.74) is -1.24. The van der Waals surface area contributed by atoms with Crippen LogP contribution in [0.4, 0.5) is 13.2 Å². The fraction of sp³-hybridized carbons (Fsp3) is 0.222. The van der Waals surface area contributed by atoms with Crippen molar-refractivity contribution in [3.05, 3.63) is 105 Å². The number of carbonyl (C=O) groups is 1. The topological polar surface area (TPSA) is 103 Å². The average molecular weight is 591 g/mol. The number of amides is 1. The number of nitrogens with one attached hydrogen (secondary N) is 1. The second-order valence-corrected chi connectivity index (χ2v) is 11.6. The Morgan fingerprint density at radius 3 is 2.25 bits per heavy atom. The van der Waals surface area contributed by atoms with Gasteiger partial charge in [-0.25, -0.2) is 4.79 Å². The number of alkyl halides is 3. The lowest BCUT2D eigenvalue weighted by atomic mass is 10.0. The smallest absolute Gasteiger partial charge is 0.346 e. The molecule has 5 rings (SSSR count). The number of hydrogen-bond acceptors (Lipinski definition) is 5. The van der Waals surface area contributed by atoms with E-state index in [0.717, 1.165) is 18.2 Å². The maximum Gasteiger partial charge on any atom is 0.416 e. The number of hydrogen-bond donors (Lipinski definition) is 1. The van der Waals surface area contributed by atoms with E-state index in [1.807, 2.05) is 0 Å². The molecule has 1 aromatic heterocycles. The van der Waals surface area contributed by atoms with Crippen molar-refractivity contribution in [2.45, 2.75) is 42.9 Å². The third-order valence-corrected chi connectivity index (χ3v) is 8.33. The van der Waals surface area contributed by atoms with Crippen LogP contribution in [0.3, 0.4) is 0 Å². The molecule has 208 valence electrons. The quantitative estimate of drug-likeness (QED) is 0.308. The third kappa shape index (κ3) is 5.28. The van der Waals surface area contributed by atoms with Crippen LogP contribution in [0, 0.1) is 0 Å². The van der Waals surface area contributed by atoms with Crippen LogP contribution in [0.1, 0.15) is 53.3 Å². The number of benzene rings is 3. The highest BCUT2D eigenvalue weighted by atomic mass is 35.5. The number of carbonyl (C=O) groups excluding carboxylic acids is 1. The maximum absolute atomic E-state index is 13.4. The molecule has 1 fully saturated rings. The minimum Gasteiger partial charge on any atom is -0.346 e. The molecule has 1 heterocycles. The van der Waals surface area contributed by atoms with Gasteiger partial charge in [0.1, 0.15) is 0 Å². The first-order valence-electron chi connectivity index (χ1n) is 12.2. The van der Waals surface area contributed by atoms with E-state index in [0.29, 0.717) is 27.5 Å². The molecule has 1 saturated carbocycles. The zero-order chi connectivity index (χ0) is 28.8. The lowest BCUT2D eigenvalue weighted by Crippen LogP contribution is -2.30. The van der Waals surface area contributed by atoms with Gasteiger partial charge >= 0.3 is 11.9 Å². The first-order chi connectivity index (χ1) is 18.9. The summed E-state index contributed by atoms with van der Waals surface area (Å²) in [7, 11) is -4.43. The van der Waals surface area contributed by atoms with Gasteiger partial charge in [0.25, 0.3) is 15.9 Å². The number of rotatable bonds is 7. The van der Waals surface area contributed by atoms with Crippen LogP contribution in [0.5, 0.6) is 0 Å². The van der Waals surface area contributed by atoms with Crippen LogP contribution >= 0.6 is 11.6 Å². The Hall–Kier alpha value is -3.90. The number of nitrogens with zero attached hydrogens (tertiary/aromatic N) is 3. The van der Waals surface area contributed by atoms with Crippen molar-refractivity contribution in [1.29, 1.82) is 0 Å². The zero-order valence-electron chi connectivity index (χ0n) is 20.9. The van der Waals surface area contributed by atoms with E-state index in [2.05, 4.69) is 10.4 Å². The summed E-state index contributed by atoms with van der Waals surface area (Å²) in [6.07, 6.45) is -3.17. The third-order valence-electron chi connectivity index (χ3n) is 6.52. The largest absolute Gasteiger partial charge is 0.416 e. The maximum atomic E-state index is 13.4. The van der Waals surface area contributed by atoms with Crippen LogP contribution < -0.4 is 11.0 Å². The van der Waals surface area contributed by atoms with Gasteiger partial charge in [0.15, 0.2) is 5.82 Å². The van der Waals surface area contributed by atoms with Gasteiger partial charge in [-0.05, 0) is 79.9 Å². The fourth-order valence-corrected chi connectivity index (χ4v) is 5.63. The Morgan fingerprint density at radius 2 is 1.65 bits per heavy atom. The van der Waals surface area contributed by atoms with E-state index in [1.165, 1.54) is 41.8 Å². The van der Waals surface area contributed by atoms with Crippen LogP contribution in [0.15, 0.2) is 82.5 Å². The normalized spacial score (nSPS) is 14.6. The van der Waals surface area contributed by atoms with Crippen molar-refractivity contribution < 1.29 is 26.4 Å². The van der Waals surface area contributed by atoms with Gasteiger partial charge in [-0.1, -0.05) is 33.9 Å². The second-order valence-electron chi connectivity index (χ2n) is 9.37. The first kappa shape index (κ1) is 27.7. The summed E-state index contributed by atoms with van der Waals surface area (Å²) in [4.78, 5) is 25.7. The molecule has 1 amide bonds. The fourth-order valence-electron chi connectivity index (χ4n) is 4.34. The van der Waals surface area contributed by atoms with Gasteiger partial charge in [0.05, 0.1) is 16.5 Å². The van der Waals surface area contributed by atoms with Crippen molar-refractivity contribution in [3.8, 4) is 11.4 Å². The SMILES string of the molecule is CC(NC(=O)c1ccc(S(=O)(=O)n2nc(-c3ccc(Cl)cc3)n(C3CC3)c2=O)cc1)c1ccccc1C(F)(F)F. The van der Waals surface area contributed by atoms with Gasteiger partial charge in [0, 0.05) is 22.2 Å². The van der Waals surface area contributed by atoms with E-state index < -0.39 is 39.4 Å². The molecule has 1 atom stereocenters. The summed E-state index contributed by atoms with van der Waals surface area (Å²) in [6.45, 7) is 1.42. The second kappa shape index (κ2) is 10.3. The van der Waals surface area contributed by atoms with E-state index >= 15 is 0 Å². The zero-order valence-corrected chi connectivity index (χ0v) is 22.5. The van der Waals surface area contributed by atoms with Gasteiger partial charge in [-0.2, -0.15) is 21.6 Å². The summed E-state index contributed by atoms with van der Waals surface area (Å²) < 4.78 is 68.7. The standard InChI is InChI=1S/C27H22ClF3N4O4S/c1-16(22-4-2-3-5-23(22)27(29,30)31)32-25(36)18-8-14-21(15-9-18)40(38,39)35-26(37)34(20-12-13-20)24(33-35)17-6-10-19(28)11-7-17/h2-11,14-16,20H,12-13H2,1H3,(H,32,36). The minimum atomic E-state index is -4.59. The molecular weight excluding hydrogens is 569 g/mol. The molecule has 0 saturated heterocycles. The van der Waals surface area contributed by atoms with E-state index in [4.69, 9.17) is 11.6 Å². The first-order valence-corrected chi connectivity index (χ1v) is 14.0. The van der Waals surface area contributed by atoms with Gasteiger partial charge in [-0.15, -0.1) is 5.10 Å². The molecule has 8 nitrogen and oxygen atoms in total. The highest BCUT2D eigenvalue weighted by Crippen LogP contribution is 2.37. The van der Waals surface area contributed by atoms with E-state index in [1.54, 1.807) is 24.3 Å². The van der Waals surface area contributed by atoms with Gasteiger partial charge in [0.2, 0.25) is 0 Å². The predicted molar refractivity (Wildman–Crippen MR) is 142 cm³/mol. The molecule has 0 spiro atoms. The molecule has 1 aliphatic carbocycles. The molecule has 4 aromatic rings. The molecule has 0 radical (unpaired) electrons. The number of halogens is 4. The van der Waals surface area contributed by atoms with Crippen molar-refractivity contribution in [1.82, 2.24) is 19.1 Å². The molecular formula is C27H22ClF3N4O4S. The molecule has 3 aromatic carbocycles. The Balaban J connectivity index is 1.41. The van der Waals surface area contributed by atoms with E-state index in [-0.39, 0.29) is 27.9 Å². The molecule has 1 unspecified atom stereocenters. The molecule has 40 heavy (non-hydrogen) atoms. The Morgan fingerprint density at radius 1 is 1.02 bits per heavy atom.